The molecule has 1 rings (SSSR count). The van der Waals surface area contributed by atoms with Crippen LogP contribution in [0, 0.1) is 20.8 Å². The molecule has 1 N–H and O–H groups in total. The van der Waals surface area contributed by atoms with E-state index in [9.17, 15) is 0 Å². The van der Waals surface area contributed by atoms with Gasteiger partial charge < -0.3 is 5.32 Å². The van der Waals surface area contributed by atoms with Crippen LogP contribution in [0.25, 0.3) is 0 Å². The number of aryl methyl sites for hydroxylation is 1. The van der Waals surface area contributed by atoms with Gasteiger partial charge in [-0.1, -0.05) is 12.1 Å². The van der Waals surface area contributed by atoms with Crippen molar-refractivity contribution in [2.45, 2.75) is 27.2 Å². The smallest absolute Gasteiger partial charge is 0.00113 e. The Morgan fingerprint density at radius 1 is 1.08 bits per heavy atom. The Kier molecular flexibility index (Phi) is 3.49. The third-order valence-electron chi connectivity index (χ3n) is 2.81. The van der Waals surface area contributed by atoms with Crippen molar-refractivity contribution < 1.29 is 0 Å². The fourth-order valence-corrected chi connectivity index (χ4v) is 1.54. The van der Waals surface area contributed by atoms with E-state index in [0.717, 1.165) is 13.0 Å². The van der Waals surface area contributed by atoms with Crippen LogP contribution >= 0.6 is 0 Å². The summed E-state index contributed by atoms with van der Waals surface area (Å²) in [6.45, 7) is 7.65. The van der Waals surface area contributed by atoms with E-state index in [1.165, 1.54) is 22.3 Å². The average molecular weight is 177 g/mol. The molecule has 13 heavy (non-hydrogen) atoms. The molecule has 0 amide bonds. The summed E-state index contributed by atoms with van der Waals surface area (Å²) in [5, 5.41) is 3.18. The van der Waals surface area contributed by atoms with E-state index in [2.05, 4.69) is 38.2 Å². The zero-order chi connectivity index (χ0) is 9.84. The molecule has 0 saturated heterocycles. The standard InChI is InChI=1S/C12H19N/c1-9-5-6-12(7-8-13-4)11(3)10(9)2/h5-6,13H,7-8H2,1-4H3. The molecule has 1 heteroatoms. The highest BCUT2D eigenvalue weighted by Crippen LogP contribution is 2.17. The van der Waals surface area contributed by atoms with E-state index in [0.29, 0.717) is 0 Å². The molecule has 0 aliphatic rings. The maximum atomic E-state index is 3.18. The van der Waals surface area contributed by atoms with E-state index in [-0.39, 0.29) is 0 Å². The van der Waals surface area contributed by atoms with Crippen molar-refractivity contribution in [3.63, 3.8) is 0 Å². The second kappa shape index (κ2) is 4.43. The Morgan fingerprint density at radius 2 is 1.77 bits per heavy atom. The maximum Gasteiger partial charge on any atom is -0.00113 e. The molecule has 0 saturated carbocycles. The zero-order valence-corrected chi connectivity index (χ0v) is 9.07. The highest BCUT2D eigenvalue weighted by molar-refractivity contribution is 5.38. The summed E-state index contributed by atoms with van der Waals surface area (Å²) in [6, 6.07) is 4.46. The number of hydrogen-bond donors (Lipinski definition) is 1. The minimum atomic E-state index is 1.06. The van der Waals surface area contributed by atoms with Crippen molar-refractivity contribution in [2.24, 2.45) is 0 Å². The molecule has 0 radical (unpaired) electrons. The summed E-state index contributed by atoms with van der Waals surface area (Å²) in [5.41, 5.74) is 5.76. The third kappa shape index (κ3) is 2.31. The quantitative estimate of drug-likeness (QED) is 0.747. The normalized spacial score (nSPS) is 10.5. The molecule has 0 unspecified atom stereocenters. The molecule has 0 aliphatic carbocycles. The van der Waals surface area contributed by atoms with Crippen LogP contribution in [0.2, 0.25) is 0 Å². The second-order valence-corrected chi connectivity index (χ2v) is 3.65. The van der Waals surface area contributed by atoms with E-state index >= 15 is 0 Å². The van der Waals surface area contributed by atoms with E-state index in [4.69, 9.17) is 0 Å². The summed E-state index contributed by atoms with van der Waals surface area (Å²) >= 11 is 0. The Balaban J connectivity index is 2.90. The largest absolute Gasteiger partial charge is 0.319 e. The summed E-state index contributed by atoms with van der Waals surface area (Å²) in [6.07, 6.45) is 1.13. The van der Waals surface area contributed by atoms with Gasteiger partial charge in [-0.05, 0) is 63.0 Å². The lowest BCUT2D eigenvalue weighted by Gasteiger charge is -2.10. The average Bonchev–Trinajstić information content (AvgIpc) is 2.13. The number of likely N-dealkylation sites (N-methyl/N-ethyl adjacent to an activating group) is 1. The van der Waals surface area contributed by atoms with Gasteiger partial charge >= 0.3 is 0 Å². The van der Waals surface area contributed by atoms with Crippen LogP contribution in [0.5, 0.6) is 0 Å². The first-order valence-corrected chi connectivity index (χ1v) is 4.87. The molecule has 0 atom stereocenters. The highest BCUT2D eigenvalue weighted by Gasteiger charge is 2.02. The van der Waals surface area contributed by atoms with Crippen molar-refractivity contribution in [1.82, 2.24) is 5.32 Å². The van der Waals surface area contributed by atoms with Gasteiger partial charge in [0.15, 0.2) is 0 Å². The first-order chi connectivity index (χ1) is 6.16. The number of hydrogen-bond acceptors (Lipinski definition) is 1. The summed E-state index contributed by atoms with van der Waals surface area (Å²) in [5.74, 6) is 0. The van der Waals surface area contributed by atoms with Crippen LogP contribution in [-0.2, 0) is 6.42 Å². The number of benzene rings is 1. The third-order valence-corrected chi connectivity index (χ3v) is 2.81. The van der Waals surface area contributed by atoms with Gasteiger partial charge in [0.25, 0.3) is 0 Å². The lowest BCUT2D eigenvalue weighted by molar-refractivity contribution is 0.787. The van der Waals surface area contributed by atoms with Crippen LogP contribution in [0.1, 0.15) is 22.3 Å². The summed E-state index contributed by atoms with van der Waals surface area (Å²) < 4.78 is 0. The maximum absolute atomic E-state index is 3.18. The summed E-state index contributed by atoms with van der Waals surface area (Å²) in [7, 11) is 2.00. The Morgan fingerprint density at radius 3 is 2.38 bits per heavy atom. The zero-order valence-electron chi connectivity index (χ0n) is 9.07. The number of rotatable bonds is 3. The molecular formula is C12H19N. The monoisotopic (exact) mass is 177 g/mol. The molecule has 0 bridgehead atoms. The summed E-state index contributed by atoms with van der Waals surface area (Å²) in [4.78, 5) is 0. The molecular weight excluding hydrogens is 158 g/mol. The Bertz CT molecular complexity index is 289. The van der Waals surface area contributed by atoms with E-state index < -0.39 is 0 Å². The van der Waals surface area contributed by atoms with Gasteiger partial charge in [0.2, 0.25) is 0 Å². The minimum absolute atomic E-state index is 1.06. The van der Waals surface area contributed by atoms with Crippen molar-refractivity contribution in [1.29, 1.82) is 0 Å². The van der Waals surface area contributed by atoms with Gasteiger partial charge in [-0.2, -0.15) is 0 Å². The van der Waals surface area contributed by atoms with Crippen molar-refractivity contribution >= 4 is 0 Å². The lowest BCUT2D eigenvalue weighted by Crippen LogP contribution is -2.11. The van der Waals surface area contributed by atoms with E-state index in [1.807, 2.05) is 7.05 Å². The topological polar surface area (TPSA) is 12.0 Å². The SMILES string of the molecule is CNCCc1ccc(C)c(C)c1C. The molecule has 0 fully saturated rings. The van der Waals surface area contributed by atoms with Gasteiger partial charge in [0.05, 0.1) is 0 Å². The molecule has 1 aromatic carbocycles. The van der Waals surface area contributed by atoms with Gasteiger partial charge in [0.1, 0.15) is 0 Å². The second-order valence-electron chi connectivity index (χ2n) is 3.65. The van der Waals surface area contributed by atoms with Crippen molar-refractivity contribution in [3.05, 3.63) is 34.4 Å². The predicted molar refractivity (Wildman–Crippen MR) is 58.3 cm³/mol. The molecule has 0 aromatic heterocycles. The van der Waals surface area contributed by atoms with Gasteiger partial charge in [-0.25, -0.2) is 0 Å². The molecule has 0 heterocycles. The Labute approximate surface area is 81.2 Å². The molecule has 72 valence electrons. The first kappa shape index (κ1) is 10.3. The molecule has 1 nitrogen and oxygen atoms in total. The molecule has 1 aromatic rings. The van der Waals surface area contributed by atoms with E-state index in [1.54, 1.807) is 0 Å². The highest BCUT2D eigenvalue weighted by atomic mass is 14.8. The van der Waals surface area contributed by atoms with Gasteiger partial charge in [0, 0.05) is 0 Å². The Hall–Kier alpha value is -0.820. The minimum Gasteiger partial charge on any atom is -0.319 e. The van der Waals surface area contributed by atoms with Crippen LogP contribution in [0.15, 0.2) is 12.1 Å². The predicted octanol–water partition coefficient (Wildman–Crippen LogP) is 2.37. The van der Waals surface area contributed by atoms with Gasteiger partial charge in [-0.15, -0.1) is 0 Å². The molecule has 0 spiro atoms. The van der Waals surface area contributed by atoms with Crippen LogP contribution in [0.3, 0.4) is 0 Å². The fraction of sp³-hybridized carbons (Fsp3) is 0.500. The van der Waals surface area contributed by atoms with Crippen LogP contribution in [0.4, 0.5) is 0 Å². The van der Waals surface area contributed by atoms with Crippen LogP contribution < -0.4 is 5.32 Å². The van der Waals surface area contributed by atoms with Crippen molar-refractivity contribution in [3.8, 4) is 0 Å². The fourth-order valence-electron chi connectivity index (χ4n) is 1.54. The molecule has 0 aliphatic heterocycles. The van der Waals surface area contributed by atoms with Gasteiger partial charge in [-0.3, -0.25) is 0 Å². The lowest BCUT2D eigenvalue weighted by atomic mass is 9.97. The van der Waals surface area contributed by atoms with Crippen molar-refractivity contribution in [2.75, 3.05) is 13.6 Å². The van der Waals surface area contributed by atoms with Crippen LogP contribution in [-0.4, -0.2) is 13.6 Å². The first-order valence-electron chi connectivity index (χ1n) is 4.87. The number of nitrogens with one attached hydrogen (secondary N) is 1.